The molecule has 0 aliphatic rings. The first-order valence-corrected chi connectivity index (χ1v) is 5.94. The molecule has 0 atom stereocenters. The van der Waals surface area contributed by atoms with Gasteiger partial charge in [-0.15, -0.1) is 0 Å². The molecule has 0 aliphatic carbocycles. The molecule has 0 radical (unpaired) electrons. The molecule has 2 aromatic rings. The van der Waals surface area contributed by atoms with Gasteiger partial charge in [0.1, 0.15) is 11.5 Å². The lowest BCUT2D eigenvalue weighted by Gasteiger charge is -2.04. The van der Waals surface area contributed by atoms with Crippen molar-refractivity contribution in [2.24, 2.45) is 0 Å². The molecule has 5 heteroatoms. The van der Waals surface area contributed by atoms with Gasteiger partial charge in [0, 0.05) is 12.1 Å². The predicted octanol–water partition coefficient (Wildman–Crippen LogP) is 3.04. The van der Waals surface area contributed by atoms with E-state index in [1.165, 1.54) is 24.3 Å². The van der Waals surface area contributed by atoms with E-state index < -0.39 is 0 Å². The highest BCUT2D eigenvalue weighted by atomic mass is 79.9. The van der Waals surface area contributed by atoms with Gasteiger partial charge in [0.25, 0.3) is 0 Å². The number of rotatable bonds is 3. The van der Waals surface area contributed by atoms with Crippen molar-refractivity contribution in [1.29, 1.82) is 0 Å². The smallest absolute Gasteiger partial charge is 0.212 e. The molecule has 0 unspecified atom stereocenters. The highest BCUT2D eigenvalue weighted by molar-refractivity contribution is 9.10. The van der Waals surface area contributed by atoms with Gasteiger partial charge in [-0.1, -0.05) is 0 Å². The second kappa shape index (κ2) is 4.79. The van der Waals surface area contributed by atoms with Gasteiger partial charge in [-0.05, 0) is 47.1 Å². The van der Waals surface area contributed by atoms with Crippen molar-refractivity contribution in [3.63, 3.8) is 0 Å². The Bertz CT molecular complexity index is 548. The van der Waals surface area contributed by atoms with Crippen LogP contribution in [0.4, 0.5) is 4.39 Å². The van der Waals surface area contributed by atoms with E-state index in [2.05, 4.69) is 21.0 Å². The Morgan fingerprint density at radius 2 is 2.06 bits per heavy atom. The van der Waals surface area contributed by atoms with E-state index in [-0.39, 0.29) is 11.6 Å². The fourth-order valence-electron chi connectivity index (χ4n) is 1.57. The Balaban J connectivity index is 2.43. The molecule has 1 aromatic heterocycles. The van der Waals surface area contributed by atoms with Gasteiger partial charge in [0.2, 0.25) is 5.78 Å². The summed E-state index contributed by atoms with van der Waals surface area (Å²) in [6.07, 6.45) is 1.58. The van der Waals surface area contributed by atoms with Gasteiger partial charge in [0.15, 0.2) is 0 Å². The standard InChI is InChI=1S/C12H10BrFN2O/c1-2-16-11(10(13)7-15-16)12(17)8-3-5-9(14)6-4-8/h3-7H,2H2,1H3. The largest absolute Gasteiger partial charge is 0.287 e. The average Bonchev–Trinajstić information content (AvgIpc) is 2.70. The second-order valence-electron chi connectivity index (χ2n) is 3.49. The highest BCUT2D eigenvalue weighted by Crippen LogP contribution is 2.20. The lowest BCUT2D eigenvalue weighted by atomic mass is 10.1. The highest BCUT2D eigenvalue weighted by Gasteiger charge is 2.17. The Kier molecular flexibility index (Phi) is 3.38. The number of nitrogens with zero attached hydrogens (tertiary/aromatic N) is 2. The van der Waals surface area contributed by atoms with Crippen molar-refractivity contribution in [2.45, 2.75) is 13.5 Å². The zero-order valence-electron chi connectivity index (χ0n) is 9.15. The average molecular weight is 297 g/mol. The third-order valence-electron chi connectivity index (χ3n) is 2.42. The van der Waals surface area contributed by atoms with Crippen molar-refractivity contribution in [2.75, 3.05) is 0 Å². The van der Waals surface area contributed by atoms with Crippen molar-refractivity contribution in [1.82, 2.24) is 9.78 Å². The molecular formula is C12H10BrFN2O. The van der Waals surface area contributed by atoms with Gasteiger partial charge >= 0.3 is 0 Å². The predicted molar refractivity (Wildman–Crippen MR) is 65.4 cm³/mol. The van der Waals surface area contributed by atoms with E-state index >= 15 is 0 Å². The summed E-state index contributed by atoms with van der Waals surface area (Å²) in [5.74, 6) is -0.527. The molecule has 2 rings (SSSR count). The van der Waals surface area contributed by atoms with Crippen LogP contribution in [0.1, 0.15) is 23.0 Å². The van der Waals surface area contributed by atoms with E-state index in [4.69, 9.17) is 0 Å². The van der Waals surface area contributed by atoms with Crippen LogP contribution >= 0.6 is 15.9 Å². The van der Waals surface area contributed by atoms with Crippen molar-refractivity contribution < 1.29 is 9.18 Å². The Morgan fingerprint density at radius 3 is 2.65 bits per heavy atom. The minimum absolute atomic E-state index is 0.170. The number of ketones is 1. The van der Waals surface area contributed by atoms with Crippen LogP contribution in [0.5, 0.6) is 0 Å². The fraction of sp³-hybridized carbons (Fsp3) is 0.167. The first kappa shape index (κ1) is 12.0. The molecule has 0 fully saturated rings. The Morgan fingerprint density at radius 1 is 1.41 bits per heavy atom. The maximum absolute atomic E-state index is 12.8. The lowest BCUT2D eigenvalue weighted by molar-refractivity contribution is 0.102. The molecule has 88 valence electrons. The van der Waals surface area contributed by atoms with Gasteiger partial charge in [-0.3, -0.25) is 9.48 Å². The summed E-state index contributed by atoms with van der Waals surface area (Å²) in [6.45, 7) is 2.51. The molecular weight excluding hydrogens is 287 g/mol. The zero-order chi connectivity index (χ0) is 12.4. The number of carbonyl (C=O) groups is 1. The summed E-state index contributed by atoms with van der Waals surface area (Å²) in [5.41, 5.74) is 0.932. The summed E-state index contributed by atoms with van der Waals surface area (Å²) in [4.78, 5) is 12.2. The minimum atomic E-state index is -0.357. The molecule has 0 saturated carbocycles. The molecule has 17 heavy (non-hydrogen) atoms. The molecule has 0 aliphatic heterocycles. The topological polar surface area (TPSA) is 34.9 Å². The SMILES string of the molecule is CCn1ncc(Br)c1C(=O)c1ccc(F)cc1. The maximum atomic E-state index is 12.8. The van der Waals surface area contributed by atoms with Gasteiger partial charge < -0.3 is 0 Å². The first-order valence-electron chi connectivity index (χ1n) is 5.15. The Labute approximate surface area is 106 Å². The summed E-state index contributed by atoms with van der Waals surface area (Å²) in [5, 5.41) is 4.07. The maximum Gasteiger partial charge on any atom is 0.212 e. The number of carbonyl (C=O) groups excluding carboxylic acids is 1. The number of benzene rings is 1. The van der Waals surface area contributed by atoms with Crippen LogP contribution in [-0.2, 0) is 6.54 Å². The number of hydrogen-bond donors (Lipinski definition) is 0. The van der Waals surface area contributed by atoms with Gasteiger partial charge in [0.05, 0.1) is 10.7 Å². The van der Waals surface area contributed by atoms with Crippen LogP contribution in [0.3, 0.4) is 0 Å². The van der Waals surface area contributed by atoms with Crippen molar-refractivity contribution in [3.05, 3.63) is 52.0 Å². The monoisotopic (exact) mass is 296 g/mol. The first-order chi connectivity index (χ1) is 8.13. The van der Waals surface area contributed by atoms with Crippen molar-refractivity contribution >= 4 is 21.7 Å². The zero-order valence-corrected chi connectivity index (χ0v) is 10.7. The molecule has 1 aromatic carbocycles. The number of halogens is 2. The Hall–Kier alpha value is -1.49. The molecule has 0 N–H and O–H groups in total. The normalized spacial score (nSPS) is 10.5. The third-order valence-corrected chi connectivity index (χ3v) is 3.00. The molecule has 0 amide bonds. The van der Waals surface area contributed by atoms with E-state index in [9.17, 15) is 9.18 Å². The summed E-state index contributed by atoms with van der Waals surface area (Å²) in [6, 6.07) is 5.48. The third kappa shape index (κ3) is 2.29. The molecule has 0 bridgehead atoms. The second-order valence-corrected chi connectivity index (χ2v) is 4.35. The molecule has 1 heterocycles. The molecule has 3 nitrogen and oxygen atoms in total. The number of hydrogen-bond acceptors (Lipinski definition) is 2. The molecule has 0 saturated heterocycles. The van der Waals surface area contributed by atoms with Crippen LogP contribution < -0.4 is 0 Å². The van der Waals surface area contributed by atoms with Crippen LogP contribution in [0.2, 0.25) is 0 Å². The van der Waals surface area contributed by atoms with E-state index in [1.807, 2.05) is 6.92 Å². The van der Waals surface area contributed by atoms with Crippen LogP contribution in [0, 0.1) is 5.82 Å². The van der Waals surface area contributed by atoms with Crippen LogP contribution in [0.25, 0.3) is 0 Å². The van der Waals surface area contributed by atoms with E-state index in [0.29, 0.717) is 22.3 Å². The van der Waals surface area contributed by atoms with Crippen LogP contribution in [-0.4, -0.2) is 15.6 Å². The van der Waals surface area contributed by atoms with Gasteiger partial charge in [-0.2, -0.15) is 5.10 Å². The quantitative estimate of drug-likeness (QED) is 0.816. The molecule has 0 spiro atoms. The lowest BCUT2D eigenvalue weighted by Crippen LogP contribution is -2.11. The van der Waals surface area contributed by atoms with Crippen LogP contribution in [0.15, 0.2) is 34.9 Å². The fourth-order valence-corrected chi connectivity index (χ4v) is 2.04. The minimum Gasteiger partial charge on any atom is -0.287 e. The summed E-state index contributed by atoms with van der Waals surface area (Å²) < 4.78 is 15.0. The van der Waals surface area contributed by atoms with Crippen molar-refractivity contribution in [3.8, 4) is 0 Å². The number of aryl methyl sites for hydroxylation is 1. The van der Waals surface area contributed by atoms with E-state index in [1.54, 1.807) is 10.9 Å². The van der Waals surface area contributed by atoms with E-state index in [0.717, 1.165) is 0 Å². The summed E-state index contributed by atoms with van der Waals surface area (Å²) in [7, 11) is 0. The summed E-state index contributed by atoms with van der Waals surface area (Å²) >= 11 is 3.29. The van der Waals surface area contributed by atoms with Gasteiger partial charge in [-0.25, -0.2) is 4.39 Å². The number of aromatic nitrogens is 2.